The molecule has 1 saturated heterocycles. The molecule has 0 saturated carbocycles. The minimum absolute atomic E-state index is 0.0414. The highest BCUT2D eigenvalue weighted by atomic mass is 16.5. The molecule has 0 aromatic carbocycles. The van der Waals surface area contributed by atoms with Crippen molar-refractivity contribution >= 4 is 11.9 Å². The number of amides is 1. The Bertz CT molecular complexity index is 651. The summed E-state index contributed by atoms with van der Waals surface area (Å²) in [5.74, 6) is 2.15. The third kappa shape index (κ3) is 7.60. The minimum Gasteiger partial charge on any atom is -0.383 e. The average Bonchev–Trinajstić information content (AvgIpc) is 3.21. The predicted molar refractivity (Wildman–Crippen MR) is 118 cm³/mol. The molecule has 0 aliphatic carbocycles. The monoisotopic (exact) mass is 422 g/mol. The molecule has 9 heteroatoms. The standard InChI is InChI=1S/C21H38N6O3/c1-5-17(6-2)19-14-18(30-25-19)15-24-21(22-7-3)27-11-9-26(10-12-27)16-20(28)23-8-13-29-4/h14,17H,5-13,15-16H2,1-4H3,(H,22,24)(H,23,28). The largest absolute Gasteiger partial charge is 0.383 e. The summed E-state index contributed by atoms with van der Waals surface area (Å²) < 4.78 is 10.5. The van der Waals surface area contributed by atoms with Gasteiger partial charge < -0.3 is 24.8 Å². The van der Waals surface area contributed by atoms with Crippen LogP contribution in [0.15, 0.2) is 15.6 Å². The Hall–Kier alpha value is -2.13. The second-order valence-corrected chi connectivity index (χ2v) is 7.51. The van der Waals surface area contributed by atoms with Crippen molar-refractivity contribution in [3.05, 3.63) is 17.5 Å². The first-order valence-corrected chi connectivity index (χ1v) is 11.1. The Morgan fingerprint density at radius 1 is 1.23 bits per heavy atom. The molecule has 2 heterocycles. The molecule has 2 N–H and O–H groups in total. The number of hydrogen-bond donors (Lipinski definition) is 2. The van der Waals surface area contributed by atoms with Crippen LogP contribution in [-0.4, -0.2) is 86.4 Å². The average molecular weight is 423 g/mol. The van der Waals surface area contributed by atoms with Gasteiger partial charge in [0.1, 0.15) is 6.54 Å². The quantitative estimate of drug-likeness (QED) is 0.316. The highest BCUT2D eigenvalue weighted by molar-refractivity contribution is 5.80. The summed E-state index contributed by atoms with van der Waals surface area (Å²) in [4.78, 5) is 21.1. The molecule has 0 bridgehead atoms. The lowest BCUT2D eigenvalue weighted by molar-refractivity contribution is -0.122. The Morgan fingerprint density at radius 3 is 2.60 bits per heavy atom. The molecule has 1 amide bonds. The summed E-state index contributed by atoms with van der Waals surface area (Å²) in [6.45, 7) is 12.5. The molecular weight excluding hydrogens is 384 g/mol. The van der Waals surface area contributed by atoms with Crippen molar-refractivity contribution in [2.45, 2.75) is 46.1 Å². The van der Waals surface area contributed by atoms with Crippen molar-refractivity contribution in [2.24, 2.45) is 4.99 Å². The zero-order chi connectivity index (χ0) is 21.8. The van der Waals surface area contributed by atoms with Crippen LogP contribution < -0.4 is 10.6 Å². The number of nitrogens with one attached hydrogen (secondary N) is 2. The number of rotatable bonds is 11. The van der Waals surface area contributed by atoms with Crippen LogP contribution in [0.1, 0.15) is 51.0 Å². The Labute approximate surface area is 180 Å². The van der Waals surface area contributed by atoms with Gasteiger partial charge in [0.05, 0.1) is 18.8 Å². The molecule has 2 rings (SSSR count). The number of aromatic nitrogens is 1. The van der Waals surface area contributed by atoms with Gasteiger partial charge in [0.15, 0.2) is 11.7 Å². The molecule has 0 spiro atoms. The fraction of sp³-hybridized carbons (Fsp3) is 0.762. The summed E-state index contributed by atoms with van der Waals surface area (Å²) in [6.07, 6.45) is 2.12. The lowest BCUT2D eigenvalue weighted by atomic mass is 9.99. The first-order chi connectivity index (χ1) is 14.6. The van der Waals surface area contributed by atoms with Crippen molar-refractivity contribution in [3.63, 3.8) is 0 Å². The van der Waals surface area contributed by atoms with Crippen molar-refractivity contribution in [1.29, 1.82) is 0 Å². The SMILES string of the molecule is CCNC(=NCc1cc(C(CC)CC)no1)N1CCN(CC(=O)NCCOC)CC1. The minimum atomic E-state index is 0.0414. The highest BCUT2D eigenvalue weighted by Crippen LogP contribution is 2.22. The maximum atomic E-state index is 12.0. The number of carbonyl (C=O) groups is 1. The van der Waals surface area contributed by atoms with E-state index in [0.717, 1.165) is 63.0 Å². The molecule has 1 fully saturated rings. The maximum Gasteiger partial charge on any atom is 0.234 e. The van der Waals surface area contributed by atoms with Crippen LogP contribution in [-0.2, 0) is 16.1 Å². The fourth-order valence-corrected chi connectivity index (χ4v) is 3.55. The van der Waals surface area contributed by atoms with Crippen molar-refractivity contribution < 1.29 is 14.1 Å². The molecule has 170 valence electrons. The summed E-state index contributed by atoms with van der Waals surface area (Å²) in [5, 5.41) is 10.5. The van der Waals surface area contributed by atoms with Gasteiger partial charge in [-0.15, -0.1) is 0 Å². The van der Waals surface area contributed by atoms with E-state index in [2.05, 4.69) is 46.4 Å². The van der Waals surface area contributed by atoms with E-state index in [1.165, 1.54) is 0 Å². The molecular formula is C21H38N6O3. The van der Waals surface area contributed by atoms with Crippen LogP contribution in [0.3, 0.4) is 0 Å². The topological polar surface area (TPSA) is 95.2 Å². The van der Waals surface area contributed by atoms with Gasteiger partial charge in [-0.3, -0.25) is 9.69 Å². The summed E-state index contributed by atoms with van der Waals surface area (Å²) >= 11 is 0. The predicted octanol–water partition coefficient (Wildman–Crippen LogP) is 1.42. The zero-order valence-electron chi connectivity index (χ0n) is 18.9. The van der Waals surface area contributed by atoms with Crippen LogP contribution in [0, 0.1) is 0 Å². The Morgan fingerprint density at radius 2 is 1.97 bits per heavy atom. The van der Waals surface area contributed by atoms with Gasteiger partial charge >= 0.3 is 0 Å². The number of carbonyl (C=O) groups excluding carboxylic acids is 1. The van der Waals surface area contributed by atoms with E-state index in [-0.39, 0.29) is 5.91 Å². The number of guanidine groups is 1. The van der Waals surface area contributed by atoms with E-state index in [4.69, 9.17) is 14.3 Å². The van der Waals surface area contributed by atoms with Crippen LogP contribution >= 0.6 is 0 Å². The number of piperazine rings is 1. The smallest absolute Gasteiger partial charge is 0.234 e. The molecule has 0 radical (unpaired) electrons. The summed E-state index contributed by atoms with van der Waals surface area (Å²) in [5.41, 5.74) is 1.02. The third-order valence-electron chi connectivity index (χ3n) is 5.37. The van der Waals surface area contributed by atoms with Gasteiger partial charge in [-0.05, 0) is 19.8 Å². The van der Waals surface area contributed by atoms with Gasteiger partial charge in [-0.1, -0.05) is 19.0 Å². The lowest BCUT2D eigenvalue weighted by Gasteiger charge is -2.36. The molecule has 30 heavy (non-hydrogen) atoms. The van der Waals surface area contributed by atoms with Crippen LogP contribution in [0.4, 0.5) is 0 Å². The van der Waals surface area contributed by atoms with Gasteiger partial charge in [0, 0.05) is 58.4 Å². The van der Waals surface area contributed by atoms with Gasteiger partial charge in [0.25, 0.3) is 0 Å². The van der Waals surface area contributed by atoms with Gasteiger partial charge in [-0.25, -0.2) is 4.99 Å². The fourth-order valence-electron chi connectivity index (χ4n) is 3.55. The molecule has 1 aromatic rings. The number of nitrogens with zero attached hydrogens (tertiary/aromatic N) is 4. The molecule has 1 aliphatic heterocycles. The van der Waals surface area contributed by atoms with Crippen molar-refractivity contribution in [3.8, 4) is 0 Å². The van der Waals surface area contributed by atoms with Crippen LogP contribution in [0.2, 0.25) is 0 Å². The highest BCUT2D eigenvalue weighted by Gasteiger charge is 2.21. The normalized spacial score (nSPS) is 15.6. The van der Waals surface area contributed by atoms with E-state index in [1.54, 1.807) is 7.11 Å². The molecule has 9 nitrogen and oxygen atoms in total. The van der Waals surface area contributed by atoms with Crippen LogP contribution in [0.25, 0.3) is 0 Å². The first-order valence-electron chi connectivity index (χ1n) is 11.1. The van der Waals surface area contributed by atoms with E-state index >= 15 is 0 Å². The van der Waals surface area contributed by atoms with Crippen molar-refractivity contribution in [2.75, 3.05) is 59.5 Å². The third-order valence-corrected chi connectivity index (χ3v) is 5.37. The number of methoxy groups -OCH3 is 1. The van der Waals surface area contributed by atoms with E-state index in [1.807, 2.05) is 6.07 Å². The van der Waals surface area contributed by atoms with Gasteiger partial charge in [-0.2, -0.15) is 0 Å². The van der Waals surface area contributed by atoms with Crippen molar-refractivity contribution in [1.82, 2.24) is 25.6 Å². The lowest BCUT2D eigenvalue weighted by Crippen LogP contribution is -2.54. The van der Waals surface area contributed by atoms with E-state index < -0.39 is 0 Å². The zero-order valence-corrected chi connectivity index (χ0v) is 18.9. The maximum absolute atomic E-state index is 12.0. The number of ether oxygens (including phenoxy) is 1. The number of hydrogen-bond acceptors (Lipinski definition) is 6. The Kier molecular flexibility index (Phi) is 10.6. The second kappa shape index (κ2) is 13.2. The molecule has 1 aliphatic rings. The summed E-state index contributed by atoms with van der Waals surface area (Å²) in [7, 11) is 1.63. The second-order valence-electron chi connectivity index (χ2n) is 7.51. The summed E-state index contributed by atoms with van der Waals surface area (Å²) in [6, 6.07) is 2.03. The molecule has 0 unspecified atom stereocenters. The first kappa shape index (κ1) is 24.1. The van der Waals surface area contributed by atoms with E-state index in [0.29, 0.717) is 32.2 Å². The van der Waals surface area contributed by atoms with Crippen LogP contribution in [0.5, 0.6) is 0 Å². The van der Waals surface area contributed by atoms with Gasteiger partial charge in [0.2, 0.25) is 5.91 Å². The molecule has 1 aromatic heterocycles. The Balaban J connectivity index is 1.86. The number of aliphatic imine (C=N–C) groups is 1. The molecule has 0 atom stereocenters. The van der Waals surface area contributed by atoms with E-state index in [9.17, 15) is 4.79 Å².